The number of ether oxygens (including phenoxy) is 2. The molecule has 0 radical (unpaired) electrons. The fraction of sp³-hybridized carbons (Fsp3) is 0.529. The molecule has 25 heavy (non-hydrogen) atoms. The minimum absolute atomic E-state index is 0.0411. The van der Waals surface area contributed by atoms with Crippen LogP contribution in [0.2, 0.25) is 0 Å². The van der Waals surface area contributed by atoms with Crippen molar-refractivity contribution >= 4 is 17.2 Å². The number of piperidine rings is 3. The van der Waals surface area contributed by atoms with Gasteiger partial charge < -0.3 is 19.2 Å². The van der Waals surface area contributed by atoms with Gasteiger partial charge in [-0.25, -0.2) is 0 Å². The van der Waals surface area contributed by atoms with Crippen molar-refractivity contribution in [2.45, 2.75) is 31.8 Å². The SMILES string of the molecule is COc1ncc(Oc2ccc(C(=O)N[C@@H]3C4CCN(CC4)[C@H]3C)s2)o1. The molecule has 1 amide bonds. The summed E-state index contributed by atoms with van der Waals surface area (Å²) in [7, 11) is 1.47. The van der Waals surface area contributed by atoms with Crippen LogP contribution >= 0.6 is 11.3 Å². The van der Waals surface area contributed by atoms with Crippen LogP contribution in [-0.2, 0) is 0 Å². The van der Waals surface area contributed by atoms with E-state index in [4.69, 9.17) is 13.9 Å². The van der Waals surface area contributed by atoms with Crippen LogP contribution in [-0.4, -0.2) is 48.1 Å². The number of amides is 1. The summed E-state index contributed by atoms with van der Waals surface area (Å²) in [4.78, 5) is 19.6. The monoisotopic (exact) mass is 363 g/mol. The van der Waals surface area contributed by atoms with Crippen molar-refractivity contribution in [3.8, 4) is 17.1 Å². The van der Waals surface area contributed by atoms with E-state index in [2.05, 4.69) is 22.1 Å². The third kappa shape index (κ3) is 3.23. The molecular formula is C17H21N3O4S. The van der Waals surface area contributed by atoms with Gasteiger partial charge in [-0.1, -0.05) is 11.3 Å². The molecule has 0 aliphatic carbocycles. The van der Waals surface area contributed by atoms with Gasteiger partial charge in [0, 0.05) is 12.1 Å². The highest BCUT2D eigenvalue weighted by atomic mass is 32.1. The van der Waals surface area contributed by atoms with E-state index in [-0.39, 0.29) is 24.0 Å². The number of rotatable bonds is 5. The fourth-order valence-electron chi connectivity index (χ4n) is 3.75. The smallest absolute Gasteiger partial charge is 0.396 e. The van der Waals surface area contributed by atoms with Crippen molar-refractivity contribution in [1.29, 1.82) is 0 Å². The summed E-state index contributed by atoms with van der Waals surface area (Å²) in [5.74, 6) is 0.776. The van der Waals surface area contributed by atoms with Crippen molar-refractivity contribution in [3.63, 3.8) is 0 Å². The summed E-state index contributed by atoms with van der Waals surface area (Å²) < 4.78 is 15.7. The van der Waals surface area contributed by atoms with Crippen LogP contribution < -0.4 is 14.8 Å². The third-order valence-electron chi connectivity index (χ3n) is 5.12. The van der Waals surface area contributed by atoms with E-state index >= 15 is 0 Å². The van der Waals surface area contributed by atoms with Crippen LogP contribution in [0.15, 0.2) is 22.7 Å². The van der Waals surface area contributed by atoms with Gasteiger partial charge in [0.15, 0.2) is 5.06 Å². The number of thiophene rings is 1. The second-order valence-electron chi connectivity index (χ2n) is 6.48. The lowest BCUT2D eigenvalue weighted by atomic mass is 9.79. The number of methoxy groups -OCH3 is 1. The first-order valence-corrected chi connectivity index (χ1v) is 9.28. The van der Waals surface area contributed by atoms with Gasteiger partial charge in [-0.3, -0.25) is 9.69 Å². The maximum atomic E-state index is 12.6. The molecule has 3 saturated heterocycles. The fourth-order valence-corrected chi connectivity index (χ4v) is 4.51. The summed E-state index contributed by atoms with van der Waals surface area (Å²) >= 11 is 1.29. The molecule has 2 aromatic heterocycles. The summed E-state index contributed by atoms with van der Waals surface area (Å²) in [5.41, 5.74) is 0. The zero-order valence-corrected chi connectivity index (χ0v) is 15.0. The Morgan fingerprint density at radius 1 is 1.40 bits per heavy atom. The Kier molecular flexibility index (Phi) is 4.39. The maximum absolute atomic E-state index is 12.6. The Hall–Kier alpha value is -2.06. The predicted octanol–water partition coefficient (Wildman–Crippen LogP) is 2.75. The van der Waals surface area contributed by atoms with E-state index < -0.39 is 0 Å². The van der Waals surface area contributed by atoms with E-state index in [9.17, 15) is 4.79 Å². The minimum Gasteiger partial charge on any atom is -0.453 e. The zero-order valence-electron chi connectivity index (χ0n) is 14.2. The van der Waals surface area contributed by atoms with Crippen LogP contribution in [0.25, 0.3) is 0 Å². The molecule has 5 heterocycles. The van der Waals surface area contributed by atoms with Gasteiger partial charge in [0.1, 0.15) is 6.20 Å². The Morgan fingerprint density at radius 3 is 2.88 bits per heavy atom. The summed E-state index contributed by atoms with van der Waals surface area (Å²) in [6.45, 7) is 4.50. The van der Waals surface area contributed by atoms with Crippen LogP contribution in [0.3, 0.4) is 0 Å². The summed E-state index contributed by atoms with van der Waals surface area (Å²) in [6.07, 6.45) is 3.91. The number of hydrogen-bond donors (Lipinski definition) is 1. The number of oxazole rings is 1. The molecule has 0 aromatic carbocycles. The van der Waals surface area contributed by atoms with E-state index in [1.165, 1.54) is 37.5 Å². The standard InChI is InChI=1S/C17H21N3O4S/c1-10-15(11-5-7-20(10)8-6-11)19-16(21)12-3-4-14(25-12)23-13-9-18-17(22-2)24-13/h3-4,9-11,15H,5-8H2,1-2H3,(H,19,21)/t10-,15-/m0/s1. The van der Waals surface area contributed by atoms with Crippen molar-refractivity contribution in [2.75, 3.05) is 20.2 Å². The number of aromatic nitrogens is 1. The molecule has 3 fully saturated rings. The number of fused-ring (bicyclic) bond motifs is 3. The average molecular weight is 363 g/mol. The first-order valence-electron chi connectivity index (χ1n) is 8.46. The highest BCUT2D eigenvalue weighted by Crippen LogP contribution is 2.34. The molecule has 0 saturated carbocycles. The molecule has 3 aliphatic heterocycles. The van der Waals surface area contributed by atoms with Gasteiger partial charge in [-0.05, 0) is 50.9 Å². The third-order valence-corrected chi connectivity index (χ3v) is 6.08. The van der Waals surface area contributed by atoms with Gasteiger partial charge >= 0.3 is 12.0 Å². The predicted molar refractivity (Wildman–Crippen MR) is 92.5 cm³/mol. The Morgan fingerprint density at radius 2 is 2.20 bits per heavy atom. The molecule has 0 unspecified atom stereocenters. The lowest BCUT2D eigenvalue weighted by molar-refractivity contribution is 0.0218. The molecule has 2 atom stereocenters. The lowest BCUT2D eigenvalue weighted by Crippen LogP contribution is -2.62. The number of hydrogen-bond acceptors (Lipinski definition) is 7. The molecule has 8 heteroatoms. The molecule has 5 rings (SSSR count). The van der Waals surface area contributed by atoms with Gasteiger partial charge in [-0.15, -0.1) is 0 Å². The largest absolute Gasteiger partial charge is 0.453 e. The van der Waals surface area contributed by atoms with E-state index in [0.29, 0.717) is 21.9 Å². The molecular weight excluding hydrogens is 342 g/mol. The number of carbonyl (C=O) groups is 1. The van der Waals surface area contributed by atoms with Crippen LogP contribution in [0.5, 0.6) is 17.1 Å². The highest BCUT2D eigenvalue weighted by Gasteiger charge is 2.40. The molecule has 2 aromatic rings. The van der Waals surface area contributed by atoms with Crippen molar-refractivity contribution in [3.05, 3.63) is 23.2 Å². The molecule has 1 N–H and O–H groups in total. The molecule has 2 bridgehead atoms. The Labute approximate surface area is 149 Å². The molecule has 3 aliphatic rings. The topological polar surface area (TPSA) is 76.8 Å². The molecule has 134 valence electrons. The summed E-state index contributed by atoms with van der Waals surface area (Å²) in [6, 6.07) is 4.15. The van der Waals surface area contributed by atoms with Crippen LogP contribution in [0.1, 0.15) is 29.4 Å². The van der Waals surface area contributed by atoms with Gasteiger partial charge in [-0.2, -0.15) is 4.98 Å². The lowest BCUT2D eigenvalue weighted by Gasteiger charge is -2.49. The minimum atomic E-state index is -0.0411. The molecule has 0 spiro atoms. The Balaban J connectivity index is 1.40. The number of nitrogens with one attached hydrogen (secondary N) is 1. The van der Waals surface area contributed by atoms with Crippen molar-refractivity contribution in [2.24, 2.45) is 5.92 Å². The second-order valence-corrected chi connectivity index (χ2v) is 7.53. The Bertz CT molecular complexity index is 749. The van der Waals surface area contributed by atoms with E-state index in [0.717, 1.165) is 13.1 Å². The number of nitrogens with zero attached hydrogens (tertiary/aromatic N) is 2. The van der Waals surface area contributed by atoms with Crippen molar-refractivity contribution < 1.29 is 18.7 Å². The second kappa shape index (κ2) is 6.68. The van der Waals surface area contributed by atoms with Crippen molar-refractivity contribution in [1.82, 2.24) is 15.2 Å². The van der Waals surface area contributed by atoms with Gasteiger partial charge in [0.25, 0.3) is 5.91 Å². The average Bonchev–Trinajstić information content (AvgIpc) is 3.28. The summed E-state index contributed by atoms with van der Waals surface area (Å²) in [5, 5.41) is 3.80. The quantitative estimate of drug-likeness (QED) is 0.880. The maximum Gasteiger partial charge on any atom is 0.396 e. The molecule has 7 nitrogen and oxygen atoms in total. The van der Waals surface area contributed by atoms with Crippen LogP contribution in [0.4, 0.5) is 0 Å². The van der Waals surface area contributed by atoms with E-state index in [1.54, 1.807) is 12.1 Å². The highest BCUT2D eigenvalue weighted by molar-refractivity contribution is 7.15. The zero-order chi connectivity index (χ0) is 17.4. The number of carbonyl (C=O) groups excluding carboxylic acids is 1. The van der Waals surface area contributed by atoms with Gasteiger partial charge in [0.2, 0.25) is 0 Å². The van der Waals surface area contributed by atoms with E-state index in [1.807, 2.05) is 0 Å². The first-order chi connectivity index (χ1) is 12.1. The normalized spacial score (nSPS) is 27.9. The first kappa shape index (κ1) is 16.4. The van der Waals surface area contributed by atoms with Crippen LogP contribution in [0, 0.1) is 5.92 Å². The van der Waals surface area contributed by atoms with Gasteiger partial charge in [0.05, 0.1) is 12.0 Å².